The maximum atomic E-state index is 5.81. The van der Waals surface area contributed by atoms with E-state index in [0.29, 0.717) is 12.0 Å². The third-order valence-electron chi connectivity index (χ3n) is 4.07. The minimum absolute atomic E-state index is 0. The molecular weight excluding hydrogens is 390 g/mol. The highest BCUT2D eigenvalue weighted by Crippen LogP contribution is 2.29. The van der Waals surface area contributed by atoms with Gasteiger partial charge in [-0.05, 0) is 63.6 Å². The second kappa shape index (κ2) is 15.3. The van der Waals surface area contributed by atoms with Crippen LogP contribution in [0.15, 0.2) is 24.3 Å². The number of nitrogens with two attached hydrogens (primary N) is 1. The molecule has 0 aliphatic carbocycles. The first-order chi connectivity index (χ1) is 9.66. The van der Waals surface area contributed by atoms with Gasteiger partial charge < -0.3 is 21.3 Å². The van der Waals surface area contributed by atoms with E-state index in [1.807, 2.05) is 12.1 Å². The van der Waals surface area contributed by atoms with E-state index >= 15 is 0 Å². The van der Waals surface area contributed by atoms with Crippen LogP contribution in [0.1, 0.15) is 24.4 Å². The molecule has 0 radical (unpaired) electrons. The van der Waals surface area contributed by atoms with Gasteiger partial charge in [-0.3, -0.25) is 0 Å². The zero-order chi connectivity index (χ0) is 14.4. The van der Waals surface area contributed by atoms with Gasteiger partial charge in [-0.25, -0.2) is 0 Å². The number of nitrogens with one attached hydrogen (secondary N) is 2. The van der Waals surface area contributed by atoms with Gasteiger partial charge in [-0.2, -0.15) is 0 Å². The summed E-state index contributed by atoms with van der Waals surface area (Å²) in [7, 11) is 4.23. The lowest BCUT2D eigenvalue weighted by Gasteiger charge is -2.32. The van der Waals surface area contributed by atoms with E-state index in [9.17, 15) is 0 Å². The topological polar surface area (TPSA) is 53.3 Å². The van der Waals surface area contributed by atoms with E-state index in [-0.39, 0.29) is 49.6 Å². The minimum Gasteiger partial charge on any atom is -0.399 e. The molecule has 1 fully saturated rings. The molecule has 1 atom stereocenters. The number of likely N-dealkylation sites (N-methyl/N-ethyl adjacent to an activating group) is 1. The monoisotopic (exact) mass is 420 g/mol. The molecule has 24 heavy (non-hydrogen) atoms. The van der Waals surface area contributed by atoms with E-state index in [4.69, 9.17) is 5.73 Å². The number of benzene rings is 1. The van der Waals surface area contributed by atoms with E-state index < -0.39 is 0 Å². The molecule has 1 aromatic carbocycles. The van der Waals surface area contributed by atoms with Crippen molar-refractivity contribution in [3.05, 3.63) is 29.8 Å². The Morgan fingerprint density at radius 3 is 2.12 bits per heavy atom. The van der Waals surface area contributed by atoms with Crippen LogP contribution < -0.4 is 16.4 Å². The minimum atomic E-state index is 0. The molecule has 1 aromatic rings. The van der Waals surface area contributed by atoms with E-state index in [2.05, 4.69) is 41.8 Å². The zero-order valence-electron chi connectivity index (χ0n) is 14.4. The first-order valence-corrected chi connectivity index (χ1v) is 7.61. The molecule has 0 bridgehead atoms. The van der Waals surface area contributed by atoms with Crippen molar-refractivity contribution in [1.29, 1.82) is 0 Å². The number of piperidine rings is 1. The van der Waals surface area contributed by atoms with E-state index in [0.717, 1.165) is 31.9 Å². The summed E-state index contributed by atoms with van der Waals surface area (Å²) >= 11 is 0. The first-order valence-electron chi connectivity index (χ1n) is 7.61. The number of nitrogens with zero attached hydrogens (tertiary/aromatic N) is 1. The summed E-state index contributed by atoms with van der Waals surface area (Å²) in [6.07, 6.45) is 2.48. The van der Waals surface area contributed by atoms with Crippen LogP contribution in [0.25, 0.3) is 0 Å². The Morgan fingerprint density at radius 1 is 1.08 bits per heavy atom. The maximum absolute atomic E-state index is 5.81. The third-order valence-corrected chi connectivity index (χ3v) is 4.07. The van der Waals surface area contributed by atoms with Crippen LogP contribution in [-0.4, -0.2) is 45.2 Å². The van der Waals surface area contributed by atoms with Crippen molar-refractivity contribution in [3.8, 4) is 0 Å². The highest BCUT2D eigenvalue weighted by Gasteiger charge is 2.24. The number of halogens is 4. The summed E-state index contributed by atoms with van der Waals surface area (Å²) in [5.74, 6) is 0.710. The van der Waals surface area contributed by atoms with Gasteiger partial charge in [0.05, 0.1) is 0 Å². The highest BCUT2D eigenvalue weighted by molar-refractivity contribution is 5.86. The predicted octanol–water partition coefficient (Wildman–Crippen LogP) is 3.15. The molecule has 0 aromatic heterocycles. The van der Waals surface area contributed by atoms with Crippen LogP contribution in [-0.2, 0) is 0 Å². The zero-order valence-corrected chi connectivity index (χ0v) is 17.6. The lowest BCUT2D eigenvalue weighted by atomic mass is 9.86. The summed E-state index contributed by atoms with van der Waals surface area (Å²) in [4.78, 5) is 2.22. The summed E-state index contributed by atoms with van der Waals surface area (Å²) < 4.78 is 0. The van der Waals surface area contributed by atoms with Crippen molar-refractivity contribution in [2.24, 2.45) is 5.92 Å². The van der Waals surface area contributed by atoms with Gasteiger partial charge >= 0.3 is 0 Å². The van der Waals surface area contributed by atoms with Gasteiger partial charge in [0, 0.05) is 24.8 Å². The average molecular weight is 422 g/mol. The van der Waals surface area contributed by atoms with Crippen LogP contribution in [0.3, 0.4) is 0 Å². The Bertz CT molecular complexity index is 398. The number of nitrogen functional groups attached to an aromatic ring is 1. The molecule has 2 rings (SSSR count). The van der Waals surface area contributed by atoms with Crippen LogP contribution in [0.2, 0.25) is 0 Å². The summed E-state index contributed by atoms with van der Waals surface area (Å²) in [6.45, 7) is 4.35. The van der Waals surface area contributed by atoms with Crippen molar-refractivity contribution in [3.63, 3.8) is 0 Å². The molecule has 4 nitrogen and oxygen atoms in total. The standard InChI is InChI=1S/C16H28N4.4ClH/c1-20(2)12-11-19-16(14-7-9-18-10-8-14)13-3-5-15(17)6-4-13;;;;/h3-6,14,16,18-19H,7-12,17H2,1-2H3;4*1H. The second-order valence-corrected chi connectivity index (χ2v) is 5.99. The van der Waals surface area contributed by atoms with Gasteiger partial charge in [-0.1, -0.05) is 12.1 Å². The summed E-state index contributed by atoms with van der Waals surface area (Å²) in [5, 5.41) is 7.19. The predicted molar refractivity (Wildman–Crippen MR) is 115 cm³/mol. The summed E-state index contributed by atoms with van der Waals surface area (Å²) in [5.41, 5.74) is 8.01. The molecule has 144 valence electrons. The van der Waals surface area contributed by atoms with Crippen molar-refractivity contribution < 1.29 is 0 Å². The fourth-order valence-corrected chi connectivity index (χ4v) is 2.88. The quantitative estimate of drug-likeness (QED) is 0.617. The largest absolute Gasteiger partial charge is 0.399 e. The van der Waals surface area contributed by atoms with Gasteiger partial charge in [0.2, 0.25) is 0 Å². The van der Waals surface area contributed by atoms with Crippen molar-refractivity contribution >= 4 is 55.3 Å². The normalized spacial score (nSPS) is 15.3. The number of rotatable bonds is 6. The van der Waals surface area contributed by atoms with Gasteiger partial charge in [0.1, 0.15) is 0 Å². The Morgan fingerprint density at radius 2 is 1.62 bits per heavy atom. The van der Waals surface area contributed by atoms with Crippen LogP contribution >= 0.6 is 49.6 Å². The van der Waals surface area contributed by atoms with Crippen LogP contribution in [0, 0.1) is 5.92 Å². The fourth-order valence-electron chi connectivity index (χ4n) is 2.88. The molecule has 8 heteroatoms. The highest BCUT2D eigenvalue weighted by atomic mass is 35.5. The molecule has 1 heterocycles. The van der Waals surface area contributed by atoms with Crippen LogP contribution in [0.5, 0.6) is 0 Å². The Hall–Kier alpha value is 0.0600. The SMILES string of the molecule is CN(C)CCNC(c1ccc(N)cc1)C1CCNCC1.Cl.Cl.Cl.Cl. The Kier molecular flexibility index (Phi) is 18.4. The van der Waals surface area contributed by atoms with Gasteiger partial charge in [0.25, 0.3) is 0 Å². The van der Waals surface area contributed by atoms with E-state index in [1.165, 1.54) is 18.4 Å². The first kappa shape index (κ1) is 28.8. The van der Waals surface area contributed by atoms with Crippen molar-refractivity contribution in [1.82, 2.24) is 15.5 Å². The molecule has 0 amide bonds. The third kappa shape index (κ3) is 9.52. The van der Waals surface area contributed by atoms with Gasteiger partial charge in [0.15, 0.2) is 0 Å². The van der Waals surface area contributed by atoms with Crippen molar-refractivity contribution in [2.75, 3.05) is 46.0 Å². The molecule has 1 saturated heterocycles. The smallest absolute Gasteiger partial charge is 0.0350 e. The van der Waals surface area contributed by atoms with Gasteiger partial charge in [-0.15, -0.1) is 49.6 Å². The van der Waals surface area contributed by atoms with Crippen LogP contribution in [0.4, 0.5) is 5.69 Å². The van der Waals surface area contributed by atoms with Crippen molar-refractivity contribution in [2.45, 2.75) is 18.9 Å². The maximum Gasteiger partial charge on any atom is 0.0350 e. The fraction of sp³-hybridized carbons (Fsp3) is 0.625. The molecule has 0 spiro atoms. The number of hydrogen-bond donors (Lipinski definition) is 3. The summed E-state index contributed by atoms with van der Waals surface area (Å²) in [6, 6.07) is 8.81. The molecule has 1 aliphatic rings. The molecule has 1 aliphatic heterocycles. The average Bonchev–Trinajstić information content (AvgIpc) is 2.46. The number of anilines is 1. The molecule has 0 saturated carbocycles. The second-order valence-electron chi connectivity index (χ2n) is 5.99. The van der Waals surface area contributed by atoms with E-state index in [1.54, 1.807) is 0 Å². The molecular formula is C16H32Cl4N4. The number of hydrogen-bond acceptors (Lipinski definition) is 4. The Labute approximate surface area is 171 Å². The molecule has 1 unspecified atom stereocenters. The molecule has 4 N–H and O–H groups in total. The lowest BCUT2D eigenvalue weighted by Crippen LogP contribution is -2.38. The lowest BCUT2D eigenvalue weighted by molar-refractivity contribution is 0.273. The Balaban J connectivity index is -0.00000110.